The van der Waals surface area contributed by atoms with E-state index >= 15 is 0 Å². The van der Waals surface area contributed by atoms with Crippen LogP contribution in [0.15, 0.2) is 0 Å². The van der Waals surface area contributed by atoms with Crippen LogP contribution in [0, 0.1) is 16.7 Å². The number of carbonyl (C=O) groups excluding carboxylic acids is 1. The third-order valence-electron chi connectivity index (χ3n) is 3.94. The third kappa shape index (κ3) is 0.561. The van der Waals surface area contributed by atoms with Gasteiger partial charge in [-0.1, -0.05) is 27.7 Å². The predicted molar refractivity (Wildman–Crippen MR) is 41.7 cm³/mol. The summed E-state index contributed by atoms with van der Waals surface area (Å²) in [5, 5.41) is 0. The molecule has 0 N–H and O–H groups in total. The van der Waals surface area contributed by atoms with E-state index in [1.807, 2.05) is 0 Å². The topological polar surface area (TPSA) is 17.1 Å². The van der Waals surface area contributed by atoms with Crippen LogP contribution in [0.2, 0.25) is 0 Å². The zero-order valence-corrected chi connectivity index (χ0v) is 7.49. The molecule has 58 valence electrons. The van der Waals surface area contributed by atoms with Gasteiger partial charge in [-0.05, 0) is 18.3 Å². The fraction of sp³-hybridized carbons (Fsp3) is 0.889. The molecule has 1 saturated carbocycles. The van der Waals surface area contributed by atoms with Crippen molar-refractivity contribution in [1.82, 2.24) is 0 Å². The van der Waals surface area contributed by atoms with Crippen LogP contribution in [-0.4, -0.2) is 5.78 Å². The van der Waals surface area contributed by atoms with Crippen molar-refractivity contribution in [3.8, 4) is 0 Å². The van der Waals surface area contributed by atoms with E-state index in [0.29, 0.717) is 11.7 Å². The molecular weight excluding hydrogens is 124 g/mol. The summed E-state index contributed by atoms with van der Waals surface area (Å²) in [7, 11) is 0. The molecule has 1 nitrogen and oxygen atoms in total. The van der Waals surface area contributed by atoms with Crippen LogP contribution in [0.25, 0.3) is 0 Å². The molecule has 0 aromatic rings. The van der Waals surface area contributed by atoms with Gasteiger partial charge in [0.15, 0.2) is 0 Å². The molecule has 1 unspecified atom stereocenters. The summed E-state index contributed by atoms with van der Waals surface area (Å²) < 4.78 is 0. The van der Waals surface area contributed by atoms with Gasteiger partial charge in [-0.25, -0.2) is 0 Å². The van der Waals surface area contributed by atoms with E-state index in [2.05, 4.69) is 27.7 Å². The number of hydrogen-bond acceptors (Lipinski definition) is 1. The van der Waals surface area contributed by atoms with Crippen LogP contribution >= 0.6 is 0 Å². The maximum Gasteiger partial charge on any atom is 0.136 e. The highest BCUT2D eigenvalue weighted by Crippen LogP contribution is 2.68. The second-order valence-electron chi connectivity index (χ2n) is 4.20. The van der Waals surface area contributed by atoms with Gasteiger partial charge in [0.2, 0.25) is 0 Å². The van der Waals surface area contributed by atoms with E-state index in [4.69, 9.17) is 0 Å². The summed E-state index contributed by atoms with van der Waals surface area (Å²) in [6.07, 6.45) is 0. The predicted octanol–water partition coefficient (Wildman–Crippen LogP) is 2.26. The largest absolute Gasteiger partial charge is 0.299 e. The molecule has 0 aliphatic heterocycles. The molecule has 2 atom stereocenters. The van der Waals surface area contributed by atoms with Crippen LogP contribution in [0.1, 0.15) is 34.6 Å². The minimum atomic E-state index is -0.0347. The van der Waals surface area contributed by atoms with Gasteiger partial charge in [0, 0.05) is 5.41 Å². The van der Waals surface area contributed by atoms with Gasteiger partial charge in [-0.2, -0.15) is 0 Å². The number of Topliss-reactive ketones (excluding diaryl/α,β-unsaturated/α-hetero) is 1. The molecule has 1 aliphatic carbocycles. The number of carbonyl (C=O) groups is 1. The summed E-state index contributed by atoms with van der Waals surface area (Å²) in [5.74, 6) is 0.891. The lowest BCUT2D eigenvalue weighted by Gasteiger charge is -2.08. The Balaban J connectivity index is 2.88. The molecule has 0 radical (unpaired) electrons. The standard InChI is InChI=1S/C9H16O/c1-6-8(3,4)9(6,5)7(2)10/h6H,1-5H3/t6?,9-/m1/s1. The smallest absolute Gasteiger partial charge is 0.136 e. The normalized spacial score (nSPS) is 43.1. The Hall–Kier alpha value is -0.330. The first-order chi connectivity index (χ1) is 4.35. The quantitative estimate of drug-likeness (QED) is 0.546. The zero-order chi connectivity index (χ0) is 8.15. The minimum Gasteiger partial charge on any atom is -0.299 e. The first kappa shape index (κ1) is 7.77. The third-order valence-corrected chi connectivity index (χ3v) is 3.94. The zero-order valence-electron chi connectivity index (χ0n) is 7.49. The van der Waals surface area contributed by atoms with Gasteiger partial charge in [0.25, 0.3) is 0 Å². The lowest BCUT2D eigenvalue weighted by molar-refractivity contribution is -0.122. The minimum absolute atomic E-state index is 0.0347. The average Bonchev–Trinajstić information content (AvgIpc) is 2.16. The van der Waals surface area contributed by atoms with Crippen LogP contribution in [-0.2, 0) is 4.79 Å². The molecule has 10 heavy (non-hydrogen) atoms. The molecule has 1 aliphatic rings. The van der Waals surface area contributed by atoms with E-state index in [1.54, 1.807) is 6.92 Å². The van der Waals surface area contributed by atoms with Crippen molar-refractivity contribution < 1.29 is 4.79 Å². The second-order valence-corrected chi connectivity index (χ2v) is 4.20. The maximum atomic E-state index is 11.2. The molecule has 0 spiro atoms. The molecule has 0 aromatic carbocycles. The monoisotopic (exact) mass is 140 g/mol. The Labute approximate surface area is 62.8 Å². The van der Waals surface area contributed by atoms with Gasteiger partial charge < -0.3 is 0 Å². The van der Waals surface area contributed by atoms with Crippen molar-refractivity contribution in [3.63, 3.8) is 0 Å². The van der Waals surface area contributed by atoms with Crippen molar-refractivity contribution in [2.45, 2.75) is 34.6 Å². The fourth-order valence-electron chi connectivity index (χ4n) is 2.03. The first-order valence-electron chi connectivity index (χ1n) is 3.86. The van der Waals surface area contributed by atoms with Gasteiger partial charge in [-0.3, -0.25) is 4.79 Å². The van der Waals surface area contributed by atoms with Crippen LogP contribution in [0.5, 0.6) is 0 Å². The van der Waals surface area contributed by atoms with Gasteiger partial charge in [0.05, 0.1) is 0 Å². The molecule has 0 saturated heterocycles. The summed E-state index contributed by atoms with van der Waals surface area (Å²) in [5.41, 5.74) is 0.200. The van der Waals surface area contributed by atoms with Crippen molar-refractivity contribution in [2.75, 3.05) is 0 Å². The molecule has 1 rings (SSSR count). The molecule has 0 aromatic heterocycles. The maximum absolute atomic E-state index is 11.2. The van der Waals surface area contributed by atoms with Crippen molar-refractivity contribution >= 4 is 5.78 Å². The van der Waals surface area contributed by atoms with Crippen LogP contribution in [0.3, 0.4) is 0 Å². The second kappa shape index (κ2) is 1.63. The van der Waals surface area contributed by atoms with Crippen molar-refractivity contribution in [1.29, 1.82) is 0 Å². The number of hydrogen-bond donors (Lipinski definition) is 0. The van der Waals surface area contributed by atoms with Crippen molar-refractivity contribution in [2.24, 2.45) is 16.7 Å². The molecule has 0 amide bonds. The Morgan fingerprint density at radius 3 is 1.60 bits per heavy atom. The summed E-state index contributed by atoms with van der Waals surface area (Å²) in [6, 6.07) is 0. The van der Waals surface area contributed by atoms with Crippen molar-refractivity contribution in [3.05, 3.63) is 0 Å². The van der Waals surface area contributed by atoms with E-state index in [9.17, 15) is 4.79 Å². The average molecular weight is 140 g/mol. The highest BCUT2D eigenvalue weighted by molar-refractivity contribution is 5.86. The number of ketones is 1. The van der Waals surface area contributed by atoms with Gasteiger partial charge >= 0.3 is 0 Å². The summed E-state index contributed by atoms with van der Waals surface area (Å²) >= 11 is 0. The van der Waals surface area contributed by atoms with Gasteiger partial charge in [0.1, 0.15) is 5.78 Å². The SMILES string of the molecule is CC(=O)[C@@]1(C)C(C)C1(C)C. The number of rotatable bonds is 1. The summed E-state index contributed by atoms with van der Waals surface area (Å²) in [4.78, 5) is 11.2. The van der Waals surface area contributed by atoms with E-state index < -0.39 is 0 Å². The highest BCUT2D eigenvalue weighted by atomic mass is 16.1. The van der Waals surface area contributed by atoms with E-state index in [0.717, 1.165) is 0 Å². The molecule has 1 heteroatoms. The Bertz CT molecular complexity index is 181. The summed E-state index contributed by atoms with van der Waals surface area (Å²) in [6.45, 7) is 10.3. The lowest BCUT2D eigenvalue weighted by atomic mass is 9.94. The first-order valence-corrected chi connectivity index (χ1v) is 3.86. The fourth-order valence-corrected chi connectivity index (χ4v) is 2.03. The lowest BCUT2D eigenvalue weighted by Crippen LogP contribution is -2.14. The van der Waals surface area contributed by atoms with Gasteiger partial charge in [-0.15, -0.1) is 0 Å². The highest BCUT2D eigenvalue weighted by Gasteiger charge is 2.67. The van der Waals surface area contributed by atoms with Crippen LogP contribution in [0.4, 0.5) is 0 Å². The Morgan fingerprint density at radius 1 is 1.30 bits per heavy atom. The van der Waals surface area contributed by atoms with Crippen LogP contribution < -0.4 is 0 Å². The Kier molecular flexibility index (Phi) is 1.27. The molecule has 0 bridgehead atoms. The molecule has 1 fully saturated rings. The molecule has 0 heterocycles. The molecular formula is C9H16O. The van der Waals surface area contributed by atoms with E-state index in [-0.39, 0.29) is 10.8 Å². The Morgan fingerprint density at radius 2 is 1.60 bits per heavy atom. The van der Waals surface area contributed by atoms with E-state index in [1.165, 1.54) is 0 Å².